The molecule has 3 nitrogen and oxygen atoms in total. The summed E-state index contributed by atoms with van der Waals surface area (Å²) in [6.07, 6.45) is 0. The normalized spacial score (nSPS) is 10.3. The number of nitrogen functional groups attached to an aromatic ring is 1. The van der Waals surface area contributed by atoms with Crippen molar-refractivity contribution in [1.29, 1.82) is 0 Å². The van der Waals surface area contributed by atoms with E-state index in [-0.39, 0.29) is 5.91 Å². The molecule has 0 saturated heterocycles. The molecule has 0 bridgehead atoms. The Morgan fingerprint density at radius 3 is 2.60 bits per heavy atom. The van der Waals surface area contributed by atoms with Crippen molar-refractivity contribution in [3.8, 4) is 0 Å². The van der Waals surface area contributed by atoms with Crippen molar-refractivity contribution in [1.82, 2.24) is 4.90 Å². The van der Waals surface area contributed by atoms with Gasteiger partial charge in [-0.25, -0.2) is 0 Å². The predicted molar refractivity (Wildman–Crippen MR) is 82.7 cm³/mol. The monoisotopic (exact) mass is 288 g/mol. The third-order valence-corrected chi connectivity index (χ3v) is 3.43. The van der Waals surface area contributed by atoms with Gasteiger partial charge in [0.05, 0.1) is 10.6 Å². The Morgan fingerprint density at radius 1 is 1.20 bits per heavy atom. The Bertz CT molecular complexity index is 613. The highest BCUT2D eigenvalue weighted by Gasteiger charge is 2.16. The molecule has 0 aliphatic carbocycles. The number of hydrogen-bond donors (Lipinski definition) is 1. The molecule has 0 unspecified atom stereocenters. The van der Waals surface area contributed by atoms with Gasteiger partial charge in [0.1, 0.15) is 0 Å². The fourth-order valence-corrected chi connectivity index (χ4v) is 2.26. The van der Waals surface area contributed by atoms with E-state index in [2.05, 4.69) is 0 Å². The molecule has 2 aromatic carbocycles. The second-order valence-corrected chi connectivity index (χ2v) is 4.95. The maximum absolute atomic E-state index is 12.5. The van der Waals surface area contributed by atoms with Crippen LogP contribution in [-0.2, 0) is 6.54 Å². The van der Waals surface area contributed by atoms with Crippen molar-refractivity contribution in [2.24, 2.45) is 0 Å². The molecule has 4 heteroatoms. The van der Waals surface area contributed by atoms with Crippen molar-refractivity contribution >= 4 is 23.2 Å². The molecule has 1 amide bonds. The van der Waals surface area contributed by atoms with Gasteiger partial charge >= 0.3 is 0 Å². The van der Waals surface area contributed by atoms with Crippen LogP contribution in [0.15, 0.2) is 48.5 Å². The summed E-state index contributed by atoms with van der Waals surface area (Å²) in [7, 11) is 0. The number of carbonyl (C=O) groups excluding carboxylic acids is 1. The minimum Gasteiger partial charge on any atom is -0.399 e. The number of rotatable bonds is 4. The van der Waals surface area contributed by atoms with Crippen molar-refractivity contribution in [2.75, 3.05) is 12.3 Å². The van der Waals surface area contributed by atoms with Crippen LogP contribution in [0.5, 0.6) is 0 Å². The molecule has 2 N–H and O–H groups in total. The molecule has 104 valence electrons. The molecule has 0 radical (unpaired) electrons. The summed E-state index contributed by atoms with van der Waals surface area (Å²) in [6.45, 7) is 3.07. The third kappa shape index (κ3) is 3.31. The van der Waals surface area contributed by atoms with Gasteiger partial charge in [-0.3, -0.25) is 4.79 Å². The number of halogens is 1. The highest BCUT2D eigenvalue weighted by atomic mass is 35.5. The van der Waals surface area contributed by atoms with Crippen LogP contribution >= 0.6 is 11.6 Å². The second-order valence-electron chi connectivity index (χ2n) is 4.54. The van der Waals surface area contributed by atoms with Gasteiger partial charge in [-0.1, -0.05) is 35.9 Å². The van der Waals surface area contributed by atoms with Gasteiger partial charge in [0.2, 0.25) is 0 Å². The topological polar surface area (TPSA) is 46.3 Å². The quantitative estimate of drug-likeness (QED) is 0.874. The SMILES string of the molecule is CCN(Cc1cccc(N)c1)C(=O)c1ccccc1Cl. The zero-order valence-corrected chi connectivity index (χ0v) is 12.1. The summed E-state index contributed by atoms with van der Waals surface area (Å²) in [5.74, 6) is -0.0690. The van der Waals surface area contributed by atoms with E-state index >= 15 is 0 Å². The van der Waals surface area contributed by atoms with E-state index in [4.69, 9.17) is 17.3 Å². The lowest BCUT2D eigenvalue weighted by Crippen LogP contribution is -2.30. The van der Waals surface area contributed by atoms with Gasteiger partial charge in [0, 0.05) is 18.8 Å². The van der Waals surface area contributed by atoms with Crippen LogP contribution in [0.1, 0.15) is 22.8 Å². The van der Waals surface area contributed by atoms with Gasteiger partial charge in [0.15, 0.2) is 0 Å². The molecule has 0 heterocycles. The first-order valence-corrected chi connectivity index (χ1v) is 6.88. The van der Waals surface area contributed by atoms with Gasteiger partial charge in [-0.05, 0) is 36.8 Å². The number of anilines is 1. The average molecular weight is 289 g/mol. The number of carbonyl (C=O) groups is 1. The Morgan fingerprint density at radius 2 is 1.95 bits per heavy atom. The van der Waals surface area contributed by atoms with Crippen LogP contribution in [0.25, 0.3) is 0 Å². The van der Waals surface area contributed by atoms with Crippen LogP contribution in [0, 0.1) is 0 Å². The molecule has 20 heavy (non-hydrogen) atoms. The maximum Gasteiger partial charge on any atom is 0.255 e. The minimum absolute atomic E-state index is 0.0690. The third-order valence-electron chi connectivity index (χ3n) is 3.10. The molecule has 0 fully saturated rings. The largest absolute Gasteiger partial charge is 0.399 e. The first kappa shape index (κ1) is 14.4. The van der Waals surface area contributed by atoms with E-state index in [0.717, 1.165) is 5.56 Å². The lowest BCUT2D eigenvalue weighted by molar-refractivity contribution is 0.0753. The van der Waals surface area contributed by atoms with E-state index in [0.29, 0.717) is 29.4 Å². The molecule has 0 aliphatic rings. The summed E-state index contributed by atoms with van der Waals surface area (Å²) in [4.78, 5) is 14.2. The number of nitrogens with two attached hydrogens (primary N) is 1. The van der Waals surface area contributed by atoms with E-state index in [1.165, 1.54) is 0 Å². The van der Waals surface area contributed by atoms with Crippen LogP contribution in [-0.4, -0.2) is 17.4 Å². The standard InChI is InChI=1S/C16H17ClN2O/c1-2-19(11-12-6-5-7-13(18)10-12)16(20)14-8-3-4-9-15(14)17/h3-10H,2,11,18H2,1H3. The van der Waals surface area contributed by atoms with Crippen LogP contribution in [0.3, 0.4) is 0 Å². The fourth-order valence-electron chi connectivity index (χ4n) is 2.04. The predicted octanol–water partition coefficient (Wildman–Crippen LogP) is 3.58. The summed E-state index contributed by atoms with van der Waals surface area (Å²) >= 11 is 6.08. The smallest absolute Gasteiger partial charge is 0.255 e. The molecule has 0 atom stereocenters. The van der Waals surface area contributed by atoms with E-state index in [9.17, 15) is 4.79 Å². The van der Waals surface area contributed by atoms with Crippen molar-refractivity contribution < 1.29 is 4.79 Å². The molecule has 0 aliphatic heterocycles. The first-order valence-electron chi connectivity index (χ1n) is 6.50. The van der Waals surface area contributed by atoms with Crippen LogP contribution in [0.4, 0.5) is 5.69 Å². The first-order chi connectivity index (χ1) is 9.61. The molecular weight excluding hydrogens is 272 g/mol. The Labute approximate surface area is 124 Å². The second kappa shape index (κ2) is 6.44. The van der Waals surface area contributed by atoms with Crippen molar-refractivity contribution in [3.05, 3.63) is 64.7 Å². The summed E-state index contributed by atoms with van der Waals surface area (Å²) in [6, 6.07) is 14.6. The van der Waals surface area contributed by atoms with Gasteiger partial charge in [-0.2, -0.15) is 0 Å². The number of hydrogen-bond acceptors (Lipinski definition) is 2. The van der Waals surface area contributed by atoms with E-state index in [1.54, 1.807) is 17.0 Å². The number of nitrogens with zero attached hydrogens (tertiary/aromatic N) is 1. The highest BCUT2D eigenvalue weighted by Crippen LogP contribution is 2.18. The van der Waals surface area contributed by atoms with Crippen molar-refractivity contribution in [2.45, 2.75) is 13.5 Å². The lowest BCUT2D eigenvalue weighted by atomic mass is 10.1. The Kier molecular flexibility index (Phi) is 4.64. The minimum atomic E-state index is -0.0690. The Balaban J connectivity index is 2.20. The molecular formula is C16H17ClN2O. The fraction of sp³-hybridized carbons (Fsp3) is 0.188. The molecule has 0 saturated carbocycles. The summed E-state index contributed by atoms with van der Waals surface area (Å²) in [5, 5.41) is 0.475. The lowest BCUT2D eigenvalue weighted by Gasteiger charge is -2.21. The Hall–Kier alpha value is -2.00. The van der Waals surface area contributed by atoms with Gasteiger partial charge < -0.3 is 10.6 Å². The van der Waals surface area contributed by atoms with E-state index in [1.807, 2.05) is 43.3 Å². The van der Waals surface area contributed by atoms with Gasteiger partial charge in [0.25, 0.3) is 5.91 Å². The average Bonchev–Trinajstić information content (AvgIpc) is 2.44. The zero-order chi connectivity index (χ0) is 14.5. The van der Waals surface area contributed by atoms with Crippen LogP contribution in [0.2, 0.25) is 5.02 Å². The molecule has 0 spiro atoms. The molecule has 0 aromatic heterocycles. The molecule has 2 rings (SSSR count). The number of amides is 1. The maximum atomic E-state index is 12.5. The zero-order valence-electron chi connectivity index (χ0n) is 11.3. The summed E-state index contributed by atoms with van der Waals surface area (Å²) < 4.78 is 0. The molecule has 2 aromatic rings. The highest BCUT2D eigenvalue weighted by molar-refractivity contribution is 6.33. The number of benzene rings is 2. The van der Waals surface area contributed by atoms with E-state index < -0.39 is 0 Å². The van der Waals surface area contributed by atoms with Gasteiger partial charge in [-0.15, -0.1) is 0 Å². The summed E-state index contributed by atoms with van der Waals surface area (Å²) in [5.41, 5.74) is 7.99. The van der Waals surface area contributed by atoms with Crippen LogP contribution < -0.4 is 5.73 Å². The van der Waals surface area contributed by atoms with Crippen molar-refractivity contribution in [3.63, 3.8) is 0 Å².